The predicted molar refractivity (Wildman–Crippen MR) is 46.1 cm³/mol. The Kier molecular flexibility index (Phi) is 2.19. The maximum absolute atomic E-state index is 10.5. The number of amidine groups is 1. The third kappa shape index (κ3) is 1.76. The standard InChI is InChI=1S/C8H8N2O3/c9-7(10)4-1-2-6(11)5(3-4)8(12)13/h1-3,11H,(H3,9,10)(H,12,13). The maximum atomic E-state index is 10.5. The van der Waals surface area contributed by atoms with Gasteiger partial charge in [0.15, 0.2) is 0 Å². The van der Waals surface area contributed by atoms with E-state index in [1.807, 2.05) is 0 Å². The third-order valence-corrected chi connectivity index (χ3v) is 1.54. The number of carboxylic acids is 1. The number of phenols is 1. The number of aromatic carboxylic acids is 1. The fourth-order valence-electron chi connectivity index (χ4n) is 0.875. The van der Waals surface area contributed by atoms with Gasteiger partial charge in [0.25, 0.3) is 0 Å². The fourth-order valence-corrected chi connectivity index (χ4v) is 0.875. The van der Waals surface area contributed by atoms with E-state index >= 15 is 0 Å². The number of nitrogen functional groups attached to an aromatic ring is 1. The summed E-state index contributed by atoms with van der Waals surface area (Å²) in [6.07, 6.45) is 0. The summed E-state index contributed by atoms with van der Waals surface area (Å²) in [7, 11) is 0. The molecule has 1 aromatic rings. The molecule has 5 heteroatoms. The van der Waals surface area contributed by atoms with E-state index in [1.165, 1.54) is 12.1 Å². The highest BCUT2D eigenvalue weighted by Gasteiger charge is 2.10. The van der Waals surface area contributed by atoms with Crippen LogP contribution in [0.1, 0.15) is 15.9 Å². The lowest BCUT2D eigenvalue weighted by Crippen LogP contribution is -2.12. The van der Waals surface area contributed by atoms with E-state index in [4.69, 9.17) is 21.4 Å². The van der Waals surface area contributed by atoms with Crippen LogP contribution in [0, 0.1) is 5.41 Å². The lowest BCUT2D eigenvalue weighted by atomic mass is 10.1. The lowest BCUT2D eigenvalue weighted by molar-refractivity contribution is 0.0693. The van der Waals surface area contributed by atoms with Crippen LogP contribution in [-0.2, 0) is 0 Å². The zero-order chi connectivity index (χ0) is 10.0. The van der Waals surface area contributed by atoms with Gasteiger partial charge in [-0.1, -0.05) is 0 Å². The highest BCUT2D eigenvalue weighted by atomic mass is 16.4. The van der Waals surface area contributed by atoms with Crippen LogP contribution in [-0.4, -0.2) is 22.0 Å². The van der Waals surface area contributed by atoms with Crippen molar-refractivity contribution in [3.63, 3.8) is 0 Å². The molecule has 0 atom stereocenters. The SMILES string of the molecule is N=C(N)c1ccc(O)c(C(=O)O)c1. The number of carboxylic acid groups (broad SMARTS) is 1. The van der Waals surface area contributed by atoms with Gasteiger partial charge in [-0.15, -0.1) is 0 Å². The second-order valence-corrected chi connectivity index (χ2v) is 2.45. The van der Waals surface area contributed by atoms with Crippen molar-refractivity contribution < 1.29 is 15.0 Å². The van der Waals surface area contributed by atoms with Gasteiger partial charge in [-0.2, -0.15) is 0 Å². The van der Waals surface area contributed by atoms with Crippen LogP contribution in [0.5, 0.6) is 5.75 Å². The number of hydrogen-bond acceptors (Lipinski definition) is 3. The van der Waals surface area contributed by atoms with Crippen LogP contribution >= 0.6 is 0 Å². The second kappa shape index (κ2) is 3.14. The molecule has 0 aliphatic carbocycles. The minimum Gasteiger partial charge on any atom is -0.507 e. The maximum Gasteiger partial charge on any atom is 0.339 e. The number of aromatic hydroxyl groups is 1. The lowest BCUT2D eigenvalue weighted by Gasteiger charge is -2.02. The van der Waals surface area contributed by atoms with E-state index in [-0.39, 0.29) is 22.7 Å². The molecule has 0 bridgehead atoms. The number of hydrogen-bond donors (Lipinski definition) is 4. The Hall–Kier alpha value is -2.04. The molecule has 0 spiro atoms. The van der Waals surface area contributed by atoms with Gasteiger partial charge in [0.05, 0.1) is 0 Å². The molecular formula is C8H8N2O3. The van der Waals surface area contributed by atoms with Crippen molar-refractivity contribution >= 4 is 11.8 Å². The summed E-state index contributed by atoms with van der Waals surface area (Å²) in [6, 6.07) is 3.73. The van der Waals surface area contributed by atoms with E-state index in [1.54, 1.807) is 0 Å². The molecule has 0 unspecified atom stereocenters. The Bertz CT molecular complexity index is 374. The summed E-state index contributed by atoms with van der Waals surface area (Å²) in [4.78, 5) is 10.5. The van der Waals surface area contributed by atoms with Crippen LogP contribution in [0.4, 0.5) is 0 Å². The molecule has 5 nitrogen and oxygen atoms in total. The molecule has 0 amide bonds. The molecule has 68 valence electrons. The predicted octanol–water partition coefficient (Wildman–Crippen LogP) is 0.374. The Morgan fingerprint density at radius 2 is 2.08 bits per heavy atom. The molecule has 0 fully saturated rings. The average molecular weight is 180 g/mol. The van der Waals surface area contributed by atoms with Gasteiger partial charge in [0.2, 0.25) is 0 Å². The zero-order valence-electron chi connectivity index (χ0n) is 6.61. The van der Waals surface area contributed by atoms with Crippen molar-refractivity contribution in [2.75, 3.05) is 0 Å². The summed E-state index contributed by atoms with van der Waals surface area (Å²) < 4.78 is 0. The van der Waals surface area contributed by atoms with Crippen molar-refractivity contribution in [3.05, 3.63) is 29.3 Å². The molecule has 0 aliphatic heterocycles. The average Bonchev–Trinajstić information content (AvgIpc) is 2.04. The highest BCUT2D eigenvalue weighted by Crippen LogP contribution is 2.17. The van der Waals surface area contributed by atoms with Gasteiger partial charge in [0, 0.05) is 5.56 Å². The summed E-state index contributed by atoms with van der Waals surface area (Å²) in [5.41, 5.74) is 5.16. The van der Waals surface area contributed by atoms with Gasteiger partial charge in [-0.25, -0.2) is 4.79 Å². The van der Waals surface area contributed by atoms with Crippen LogP contribution in [0.15, 0.2) is 18.2 Å². The minimum atomic E-state index is -1.25. The molecule has 0 heterocycles. The molecule has 1 rings (SSSR count). The van der Waals surface area contributed by atoms with E-state index < -0.39 is 5.97 Å². The first kappa shape index (κ1) is 9.05. The van der Waals surface area contributed by atoms with Crippen LogP contribution in [0.2, 0.25) is 0 Å². The first-order chi connectivity index (χ1) is 6.02. The Balaban J connectivity index is 3.27. The first-order valence-electron chi connectivity index (χ1n) is 3.43. The van der Waals surface area contributed by atoms with Crippen LogP contribution in [0.3, 0.4) is 0 Å². The van der Waals surface area contributed by atoms with Crippen molar-refractivity contribution in [1.82, 2.24) is 0 Å². The number of nitrogens with one attached hydrogen (secondary N) is 1. The second-order valence-electron chi connectivity index (χ2n) is 2.45. The quantitative estimate of drug-likeness (QED) is 0.389. The normalized spacial score (nSPS) is 9.54. The molecule has 0 aliphatic rings. The van der Waals surface area contributed by atoms with Crippen LogP contribution in [0.25, 0.3) is 0 Å². The first-order valence-corrected chi connectivity index (χ1v) is 3.43. The minimum absolute atomic E-state index is 0.234. The molecule has 13 heavy (non-hydrogen) atoms. The van der Waals surface area contributed by atoms with E-state index in [0.717, 1.165) is 6.07 Å². The van der Waals surface area contributed by atoms with E-state index in [0.29, 0.717) is 0 Å². The molecule has 5 N–H and O–H groups in total. The van der Waals surface area contributed by atoms with Gasteiger partial charge >= 0.3 is 5.97 Å². The van der Waals surface area contributed by atoms with Crippen molar-refractivity contribution in [1.29, 1.82) is 5.41 Å². The Labute approximate surface area is 73.9 Å². The van der Waals surface area contributed by atoms with E-state index in [9.17, 15) is 4.79 Å². The number of benzene rings is 1. The monoisotopic (exact) mass is 180 g/mol. The smallest absolute Gasteiger partial charge is 0.339 e. The zero-order valence-corrected chi connectivity index (χ0v) is 6.61. The number of rotatable bonds is 2. The molecule has 1 aromatic carbocycles. The van der Waals surface area contributed by atoms with Crippen molar-refractivity contribution in [2.45, 2.75) is 0 Å². The Morgan fingerprint density at radius 1 is 1.46 bits per heavy atom. The van der Waals surface area contributed by atoms with Crippen molar-refractivity contribution in [2.24, 2.45) is 5.73 Å². The number of carbonyl (C=O) groups is 1. The summed E-state index contributed by atoms with van der Waals surface area (Å²) in [6.45, 7) is 0. The van der Waals surface area contributed by atoms with Crippen LogP contribution < -0.4 is 5.73 Å². The highest BCUT2D eigenvalue weighted by molar-refractivity contribution is 5.99. The largest absolute Gasteiger partial charge is 0.507 e. The third-order valence-electron chi connectivity index (χ3n) is 1.54. The molecule has 0 radical (unpaired) electrons. The van der Waals surface area contributed by atoms with Gasteiger partial charge in [0.1, 0.15) is 17.1 Å². The molecule has 0 saturated heterocycles. The summed E-state index contributed by atoms with van der Waals surface area (Å²) in [5, 5.41) is 24.7. The molecule has 0 saturated carbocycles. The van der Waals surface area contributed by atoms with Gasteiger partial charge in [-0.05, 0) is 18.2 Å². The van der Waals surface area contributed by atoms with Crippen molar-refractivity contribution in [3.8, 4) is 5.75 Å². The topological polar surface area (TPSA) is 107 Å². The molecular weight excluding hydrogens is 172 g/mol. The van der Waals surface area contributed by atoms with E-state index in [2.05, 4.69) is 0 Å². The van der Waals surface area contributed by atoms with Gasteiger partial charge < -0.3 is 15.9 Å². The Morgan fingerprint density at radius 3 is 2.54 bits per heavy atom. The fraction of sp³-hybridized carbons (Fsp3) is 0. The van der Waals surface area contributed by atoms with Gasteiger partial charge in [-0.3, -0.25) is 5.41 Å². The molecule has 0 aromatic heterocycles. The number of nitrogens with two attached hydrogens (primary N) is 1. The summed E-state index contributed by atoms with van der Waals surface area (Å²) >= 11 is 0. The summed E-state index contributed by atoms with van der Waals surface area (Å²) in [5.74, 6) is -1.82.